The number of halogens is 1. The van der Waals surface area contributed by atoms with Gasteiger partial charge in [0.05, 0.1) is 7.11 Å². The summed E-state index contributed by atoms with van der Waals surface area (Å²) in [6.07, 6.45) is 4.00. The van der Waals surface area contributed by atoms with Crippen molar-refractivity contribution < 1.29 is 9.53 Å². The van der Waals surface area contributed by atoms with Crippen LogP contribution in [-0.2, 0) is 11.3 Å². The number of carbonyl (C=O) groups excluding carboxylic acids is 1. The monoisotopic (exact) mass is 341 g/mol. The van der Waals surface area contributed by atoms with Crippen LogP contribution in [0.15, 0.2) is 24.3 Å². The van der Waals surface area contributed by atoms with Gasteiger partial charge in [-0.3, -0.25) is 9.69 Å². The zero-order chi connectivity index (χ0) is 15.8. The molecule has 1 fully saturated rings. The summed E-state index contributed by atoms with van der Waals surface area (Å²) >= 11 is 0. The molecule has 0 bridgehead atoms. The second kappa shape index (κ2) is 10.5. The van der Waals surface area contributed by atoms with Crippen LogP contribution in [-0.4, -0.2) is 43.6 Å². The fourth-order valence-electron chi connectivity index (χ4n) is 2.92. The van der Waals surface area contributed by atoms with E-state index in [4.69, 9.17) is 10.5 Å². The van der Waals surface area contributed by atoms with E-state index in [2.05, 4.69) is 22.3 Å². The number of amides is 1. The zero-order valence-corrected chi connectivity index (χ0v) is 14.6. The van der Waals surface area contributed by atoms with E-state index in [0.717, 1.165) is 31.8 Å². The van der Waals surface area contributed by atoms with E-state index in [9.17, 15) is 4.79 Å². The molecular weight excluding hydrogens is 314 g/mol. The molecule has 0 radical (unpaired) electrons. The van der Waals surface area contributed by atoms with E-state index in [1.807, 2.05) is 12.1 Å². The molecule has 1 aliphatic heterocycles. The predicted octanol–water partition coefficient (Wildman–Crippen LogP) is 1.94. The quantitative estimate of drug-likeness (QED) is 0.795. The minimum Gasteiger partial charge on any atom is -0.497 e. The fraction of sp³-hybridized carbons (Fsp3) is 0.588. The normalized spacial score (nSPS) is 18.1. The van der Waals surface area contributed by atoms with Gasteiger partial charge in [-0.05, 0) is 37.1 Å². The summed E-state index contributed by atoms with van der Waals surface area (Å²) in [5.41, 5.74) is 6.69. The van der Waals surface area contributed by atoms with Crippen molar-refractivity contribution in [3.05, 3.63) is 29.8 Å². The Morgan fingerprint density at radius 3 is 2.74 bits per heavy atom. The molecular formula is C17H28ClN3O2. The number of nitrogens with zero attached hydrogens (tertiary/aromatic N) is 1. The molecule has 1 heterocycles. The summed E-state index contributed by atoms with van der Waals surface area (Å²) in [5.74, 6) is 0.936. The second-order valence-corrected chi connectivity index (χ2v) is 5.81. The third-order valence-corrected chi connectivity index (χ3v) is 4.20. The summed E-state index contributed by atoms with van der Waals surface area (Å²) in [7, 11) is 1.68. The molecule has 6 heteroatoms. The lowest BCUT2D eigenvalue weighted by atomic mass is 10.0. The average molecular weight is 342 g/mol. The predicted molar refractivity (Wildman–Crippen MR) is 95.0 cm³/mol. The zero-order valence-electron chi connectivity index (χ0n) is 13.8. The van der Waals surface area contributed by atoms with E-state index < -0.39 is 0 Å². The first-order chi connectivity index (χ1) is 10.7. The molecule has 130 valence electrons. The van der Waals surface area contributed by atoms with Crippen molar-refractivity contribution in [2.75, 3.05) is 26.7 Å². The maximum absolute atomic E-state index is 11.6. The lowest BCUT2D eigenvalue weighted by molar-refractivity contribution is -0.121. The lowest BCUT2D eigenvalue weighted by Crippen LogP contribution is -2.46. The first-order valence-electron chi connectivity index (χ1n) is 8.06. The van der Waals surface area contributed by atoms with Crippen LogP contribution >= 0.6 is 12.4 Å². The molecule has 5 nitrogen and oxygen atoms in total. The lowest BCUT2D eigenvalue weighted by Gasteiger charge is -2.36. The average Bonchev–Trinajstić information content (AvgIpc) is 2.55. The van der Waals surface area contributed by atoms with E-state index >= 15 is 0 Å². The first-order valence-corrected chi connectivity index (χ1v) is 8.06. The molecule has 0 aliphatic carbocycles. The van der Waals surface area contributed by atoms with Crippen molar-refractivity contribution in [3.63, 3.8) is 0 Å². The Labute approximate surface area is 145 Å². The summed E-state index contributed by atoms with van der Waals surface area (Å²) in [4.78, 5) is 14.1. The molecule has 1 unspecified atom stereocenters. The maximum atomic E-state index is 11.6. The number of ether oxygens (including phenoxy) is 1. The Morgan fingerprint density at radius 1 is 1.35 bits per heavy atom. The van der Waals surface area contributed by atoms with Crippen LogP contribution in [0.1, 0.15) is 31.2 Å². The van der Waals surface area contributed by atoms with Gasteiger partial charge in [0.25, 0.3) is 0 Å². The van der Waals surface area contributed by atoms with E-state index in [-0.39, 0.29) is 18.3 Å². The van der Waals surface area contributed by atoms with Crippen molar-refractivity contribution >= 4 is 18.3 Å². The maximum Gasteiger partial charge on any atom is 0.221 e. The topological polar surface area (TPSA) is 67.6 Å². The van der Waals surface area contributed by atoms with Gasteiger partial charge in [0.1, 0.15) is 5.75 Å². The highest BCUT2D eigenvalue weighted by atomic mass is 35.5. The molecule has 1 saturated heterocycles. The minimum absolute atomic E-state index is 0. The number of hydrogen-bond donors (Lipinski definition) is 2. The van der Waals surface area contributed by atoms with E-state index in [1.165, 1.54) is 18.4 Å². The Balaban J connectivity index is 0.00000264. The number of nitrogens with one attached hydrogen (secondary N) is 1. The highest BCUT2D eigenvalue weighted by molar-refractivity contribution is 5.85. The SMILES string of the molecule is COc1ccc(CN2CCCCC2CNC(=O)CCN)cc1.Cl. The van der Waals surface area contributed by atoms with Crippen LogP contribution in [0.3, 0.4) is 0 Å². The van der Waals surface area contributed by atoms with Gasteiger partial charge in [0.2, 0.25) is 5.91 Å². The van der Waals surface area contributed by atoms with Crippen molar-refractivity contribution in [1.82, 2.24) is 10.2 Å². The first kappa shape index (κ1) is 19.7. The van der Waals surface area contributed by atoms with Gasteiger partial charge in [0, 0.05) is 32.1 Å². The van der Waals surface area contributed by atoms with Crippen molar-refractivity contribution in [3.8, 4) is 5.75 Å². The van der Waals surface area contributed by atoms with Crippen molar-refractivity contribution in [2.45, 2.75) is 38.3 Å². The fourth-order valence-corrected chi connectivity index (χ4v) is 2.92. The van der Waals surface area contributed by atoms with Gasteiger partial charge in [-0.1, -0.05) is 18.6 Å². The number of benzene rings is 1. The number of piperidine rings is 1. The van der Waals surface area contributed by atoms with Crippen LogP contribution in [0.25, 0.3) is 0 Å². The largest absolute Gasteiger partial charge is 0.497 e. The Hall–Kier alpha value is -1.30. The number of carbonyl (C=O) groups is 1. The van der Waals surface area contributed by atoms with Gasteiger partial charge < -0.3 is 15.8 Å². The molecule has 2 rings (SSSR count). The smallest absolute Gasteiger partial charge is 0.221 e. The highest BCUT2D eigenvalue weighted by Gasteiger charge is 2.22. The number of hydrogen-bond acceptors (Lipinski definition) is 4. The van der Waals surface area contributed by atoms with E-state index in [0.29, 0.717) is 19.0 Å². The number of rotatable bonds is 7. The molecule has 3 N–H and O–H groups in total. The second-order valence-electron chi connectivity index (χ2n) is 5.81. The third-order valence-electron chi connectivity index (χ3n) is 4.20. The Morgan fingerprint density at radius 2 is 2.09 bits per heavy atom. The summed E-state index contributed by atoms with van der Waals surface area (Å²) in [6.45, 7) is 3.13. The molecule has 0 saturated carbocycles. The molecule has 0 spiro atoms. The van der Waals surface area contributed by atoms with Crippen LogP contribution < -0.4 is 15.8 Å². The minimum atomic E-state index is 0. The Bertz CT molecular complexity index is 467. The molecule has 1 aromatic carbocycles. The Kier molecular flexibility index (Phi) is 8.99. The van der Waals surface area contributed by atoms with E-state index in [1.54, 1.807) is 7.11 Å². The van der Waals surface area contributed by atoms with Crippen LogP contribution in [0.5, 0.6) is 5.75 Å². The van der Waals surface area contributed by atoms with Gasteiger partial charge >= 0.3 is 0 Å². The van der Waals surface area contributed by atoms with Gasteiger partial charge in [-0.15, -0.1) is 12.4 Å². The van der Waals surface area contributed by atoms with Crippen molar-refractivity contribution in [1.29, 1.82) is 0 Å². The third kappa shape index (κ3) is 6.37. The number of nitrogens with two attached hydrogens (primary N) is 1. The summed E-state index contributed by atoms with van der Waals surface area (Å²) < 4.78 is 5.20. The molecule has 1 aliphatic rings. The van der Waals surface area contributed by atoms with Gasteiger partial charge in [-0.25, -0.2) is 0 Å². The number of methoxy groups -OCH3 is 1. The summed E-state index contributed by atoms with van der Waals surface area (Å²) in [5, 5.41) is 3.01. The van der Waals surface area contributed by atoms with Gasteiger partial charge in [0.15, 0.2) is 0 Å². The van der Waals surface area contributed by atoms with Crippen LogP contribution in [0.2, 0.25) is 0 Å². The van der Waals surface area contributed by atoms with Crippen LogP contribution in [0, 0.1) is 0 Å². The van der Waals surface area contributed by atoms with Crippen LogP contribution in [0.4, 0.5) is 0 Å². The standard InChI is InChI=1S/C17H27N3O2.ClH/c1-22-16-7-5-14(6-8-16)13-20-11-3-2-4-15(20)12-19-17(21)9-10-18;/h5-8,15H,2-4,9-13,18H2,1H3,(H,19,21);1H. The number of likely N-dealkylation sites (tertiary alicyclic amines) is 1. The molecule has 1 aromatic rings. The molecule has 1 amide bonds. The molecule has 0 aromatic heterocycles. The molecule has 1 atom stereocenters. The van der Waals surface area contributed by atoms with Gasteiger partial charge in [-0.2, -0.15) is 0 Å². The highest BCUT2D eigenvalue weighted by Crippen LogP contribution is 2.20. The molecule has 23 heavy (non-hydrogen) atoms. The van der Waals surface area contributed by atoms with Crippen molar-refractivity contribution in [2.24, 2.45) is 5.73 Å². The summed E-state index contributed by atoms with van der Waals surface area (Å²) in [6, 6.07) is 8.63.